The quantitative estimate of drug-likeness (QED) is 0.114. The Balaban J connectivity index is 1.09. The molecule has 5 aliphatic carbocycles. The number of hydrogen-bond acceptors (Lipinski definition) is 8. The van der Waals surface area contributed by atoms with E-state index in [1.807, 2.05) is 0 Å². The van der Waals surface area contributed by atoms with E-state index in [0.29, 0.717) is 41.8 Å². The van der Waals surface area contributed by atoms with Gasteiger partial charge in [0.05, 0.1) is 24.0 Å². The van der Waals surface area contributed by atoms with Crippen molar-refractivity contribution >= 4 is 28.9 Å². The summed E-state index contributed by atoms with van der Waals surface area (Å²) in [5, 5.41) is 0.452. The van der Waals surface area contributed by atoms with Crippen molar-refractivity contribution in [2.75, 3.05) is 13.2 Å². The van der Waals surface area contributed by atoms with Gasteiger partial charge in [0.2, 0.25) is 5.76 Å². The smallest absolute Gasteiger partial charge is 0.374 e. The first-order chi connectivity index (χ1) is 25.4. The molecule has 4 fully saturated rings. The molecule has 0 spiro atoms. The molecule has 9 atom stereocenters. The second-order valence-corrected chi connectivity index (χ2v) is 19.5. The normalized spacial score (nSPS) is 38.1. The molecule has 8 nitrogen and oxygen atoms in total. The second-order valence-electron chi connectivity index (χ2n) is 19.5. The van der Waals surface area contributed by atoms with E-state index in [9.17, 15) is 19.2 Å². The number of carbonyl (C=O) groups excluding carboxylic acids is 3. The number of carbonyl (C=O) groups is 3. The second kappa shape index (κ2) is 13.7. The van der Waals surface area contributed by atoms with E-state index in [1.165, 1.54) is 6.07 Å². The average molecular weight is 743 g/mol. The molecule has 0 aliphatic heterocycles. The molecule has 2 aromatic rings. The molecular formula is C46H62O8. The van der Waals surface area contributed by atoms with Gasteiger partial charge in [-0.25, -0.2) is 4.79 Å². The summed E-state index contributed by atoms with van der Waals surface area (Å²) in [6.45, 7) is 19.2. The van der Waals surface area contributed by atoms with Crippen molar-refractivity contribution in [3.8, 4) is 0 Å². The minimum atomic E-state index is -0.566. The maximum Gasteiger partial charge on any atom is 0.374 e. The Morgan fingerprint density at radius 2 is 1.61 bits per heavy atom. The molecule has 1 heterocycles. The lowest BCUT2D eigenvalue weighted by Gasteiger charge is -2.71. The predicted octanol–water partition coefficient (Wildman–Crippen LogP) is 10.0. The molecule has 1 aromatic carbocycles. The molecular weight excluding hydrogens is 680 g/mol. The van der Waals surface area contributed by atoms with E-state index in [2.05, 4.69) is 54.5 Å². The fraction of sp³-hybridized carbons (Fsp3) is 0.696. The van der Waals surface area contributed by atoms with Crippen molar-refractivity contribution in [2.45, 2.75) is 139 Å². The molecule has 5 aliphatic rings. The van der Waals surface area contributed by atoms with Crippen LogP contribution in [0.25, 0.3) is 11.0 Å². The number of fused-ring (bicyclic) bond motifs is 8. The fourth-order valence-electron chi connectivity index (χ4n) is 12.9. The van der Waals surface area contributed by atoms with Gasteiger partial charge in [0.25, 0.3) is 0 Å². The first kappa shape index (κ1) is 38.8. The summed E-state index contributed by atoms with van der Waals surface area (Å²) in [6, 6.07) is 8.26. The van der Waals surface area contributed by atoms with Gasteiger partial charge in [0, 0.05) is 17.9 Å². The molecule has 0 bridgehead atoms. The summed E-state index contributed by atoms with van der Waals surface area (Å²) in [4.78, 5) is 51.8. The first-order valence-electron chi connectivity index (χ1n) is 20.7. The van der Waals surface area contributed by atoms with Crippen molar-refractivity contribution in [1.82, 2.24) is 0 Å². The molecule has 7 rings (SSSR count). The van der Waals surface area contributed by atoms with Gasteiger partial charge in [0.15, 0.2) is 5.43 Å². The first-order valence-corrected chi connectivity index (χ1v) is 20.7. The average Bonchev–Trinajstić information content (AvgIpc) is 3.12. The van der Waals surface area contributed by atoms with Gasteiger partial charge in [-0.15, -0.1) is 0 Å². The van der Waals surface area contributed by atoms with Crippen molar-refractivity contribution in [2.24, 2.45) is 50.2 Å². The van der Waals surface area contributed by atoms with Crippen LogP contribution in [0.15, 0.2) is 51.2 Å². The summed E-state index contributed by atoms with van der Waals surface area (Å²) >= 11 is 0. The van der Waals surface area contributed by atoms with Gasteiger partial charge in [-0.2, -0.15) is 0 Å². The topological polar surface area (TPSA) is 109 Å². The Kier molecular flexibility index (Phi) is 9.82. The van der Waals surface area contributed by atoms with Gasteiger partial charge < -0.3 is 18.6 Å². The largest absolute Gasteiger partial charge is 0.466 e. The van der Waals surface area contributed by atoms with Crippen LogP contribution in [0.2, 0.25) is 0 Å². The van der Waals surface area contributed by atoms with Crippen LogP contribution in [0.1, 0.15) is 143 Å². The minimum Gasteiger partial charge on any atom is -0.466 e. The summed E-state index contributed by atoms with van der Waals surface area (Å²) < 4.78 is 23.0. The van der Waals surface area contributed by atoms with Crippen LogP contribution in [0.3, 0.4) is 0 Å². The highest BCUT2D eigenvalue weighted by molar-refractivity contribution is 5.89. The zero-order valence-corrected chi connectivity index (χ0v) is 33.9. The number of esters is 3. The van der Waals surface area contributed by atoms with Crippen LogP contribution in [0, 0.1) is 50.2 Å². The third kappa shape index (κ3) is 6.07. The number of allylic oxidation sites excluding steroid dienone is 2. The SMILES string of the molecule is CCOC(=O)CCCOC(=O)[C@@]1(C)CC[C@]2(C)CC[C@]3(C)C(=CC[C@@H]4[C@@]5(C)CC[C@H](OC(=O)c6cc(=O)c7ccccc7o6)C(C)(C)[C@@H]5CC[C@]43C)[C@@H]2C1. The predicted molar refractivity (Wildman–Crippen MR) is 208 cm³/mol. The molecule has 8 heteroatoms. The highest BCUT2D eigenvalue weighted by Gasteiger charge is 2.68. The Bertz CT molecular complexity index is 1910. The molecule has 294 valence electrons. The minimum absolute atomic E-state index is 0.0248. The van der Waals surface area contributed by atoms with Gasteiger partial charge in [-0.1, -0.05) is 65.3 Å². The van der Waals surface area contributed by atoms with Gasteiger partial charge in [0.1, 0.15) is 11.7 Å². The van der Waals surface area contributed by atoms with Crippen LogP contribution in [0.5, 0.6) is 0 Å². The Morgan fingerprint density at radius 3 is 2.37 bits per heavy atom. The van der Waals surface area contributed by atoms with Gasteiger partial charge in [-0.3, -0.25) is 14.4 Å². The summed E-state index contributed by atoms with van der Waals surface area (Å²) in [5.74, 6) is 0.189. The molecule has 0 radical (unpaired) electrons. The number of hydrogen-bond donors (Lipinski definition) is 0. The molecule has 54 heavy (non-hydrogen) atoms. The summed E-state index contributed by atoms with van der Waals surface area (Å²) in [5.41, 5.74) is 1.26. The highest BCUT2D eigenvalue weighted by Crippen LogP contribution is 2.75. The molecule has 4 saturated carbocycles. The number of para-hydroxylation sites is 1. The highest BCUT2D eigenvalue weighted by atomic mass is 16.6. The third-order valence-electron chi connectivity index (χ3n) is 16.4. The molecule has 0 saturated heterocycles. The van der Waals surface area contributed by atoms with E-state index in [1.54, 1.807) is 36.8 Å². The lowest BCUT2D eigenvalue weighted by Crippen LogP contribution is -2.64. The van der Waals surface area contributed by atoms with Crippen LogP contribution in [-0.4, -0.2) is 37.2 Å². The van der Waals surface area contributed by atoms with Gasteiger partial charge in [-0.05, 0) is 136 Å². The lowest BCUT2D eigenvalue weighted by atomic mass is 9.33. The van der Waals surface area contributed by atoms with E-state index in [0.717, 1.165) is 64.2 Å². The monoisotopic (exact) mass is 742 g/mol. The van der Waals surface area contributed by atoms with Crippen LogP contribution < -0.4 is 5.43 Å². The molecule has 0 amide bonds. The zero-order chi connectivity index (χ0) is 38.9. The van der Waals surface area contributed by atoms with Crippen molar-refractivity contribution in [3.05, 3.63) is 58.0 Å². The fourth-order valence-corrected chi connectivity index (χ4v) is 12.9. The van der Waals surface area contributed by atoms with E-state index >= 15 is 0 Å². The zero-order valence-electron chi connectivity index (χ0n) is 33.9. The van der Waals surface area contributed by atoms with E-state index in [4.69, 9.17) is 18.6 Å². The Morgan fingerprint density at radius 1 is 0.870 bits per heavy atom. The summed E-state index contributed by atoms with van der Waals surface area (Å²) in [6.07, 6.45) is 13.0. The van der Waals surface area contributed by atoms with Crippen LogP contribution in [-0.2, 0) is 23.8 Å². The lowest BCUT2D eigenvalue weighted by molar-refractivity contribution is -0.204. The molecule has 0 unspecified atom stereocenters. The van der Waals surface area contributed by atoms with Crippen molar-refractivity contribution in [1.29, 1.82) is 0 Å². The number of benzene rings is 1. The maximum absolute atomic E-state index is 13.7. The number of ether oxygens (including phenoxy) is 3. The van der Waals surface area contributed by atoms with Crippen molar-refractivity contribution in [3.63, 3.8) is 0 Å². The standard InChI is InChI=1S/C46H62O8/c1-9-51-38(48)15-12-26-52-40(50)43(5)23-22-42(4)24-25-45(7)30(31(42)28-43)16-17-36-44(6)20-19-37(41(2,3)35(44)18-21-46(36,45)8)54-39(49)34-27-32(47)29-13-10-11-14-33(29)53-34/h10-11,13-14,16,27,31,35-37H,9,12,15,17-26,28H2,1-8H3/t31-,35-,36+,37-,42+,43-,44-,45+,46+/m0/s1. The van der Waals surface area contributed by atoms with E-state index < -0.39 is 11.4 Å². The van der Waals surface area contributed by atoms with Crippen LogP contribution in [0.4, 0.5) is 0 Å². The van der Waals surface area contributed by atoms with Crippen LogP contribution >= 0.6 is 0 Å². The van der Waals surface area contributed by atoms with E-state index in [-0.39, 0.29) is 69.3 Å². The molecule has 0 N–H and O–H groups in total. The Labute approximate surface area is 321 Å². The summed E-state index contributed by atoms with van der Waals surface area (Å²) in [7, 11) is 0. The van der Waals surface area contributed by atoms with Gasteiger partial charge >= 0.3 is 17.9 Å². The molecule has 1 aromatic heterocycles. The van der Waals surface area contributed by atoms with Crippen molar-refractivity contribution < 1.29 is 33.0 Å². The Hall–Kier alpha value is -3.42. The third-order valence-corrected chi connectivity index (χ3v) is 16.4. The maximum atomic E-state index is 13.7. The number of rotatable bonds is 8.